The van der Waals surface area contributed by atoms with Crippen molar-refractivity contribution in [3.05, 3.63) is 60.2 Å². The largest absolute Gasteiger partial charge is 0.243 e. The highest BCUT2D eigenvalue weighted by molar-refractivity contribution is 7.89. The third-order valence-corrected chi connectivity index (χ3v) is 8.12. The molecule has 0 amide bonds. The van der Waals surface area contributed by atoms with Crippen molar-refractivity contribution < 1.29 is 16.8 Å². The van der Waals surface area contributed by atoms with Crippen LogP contribution in [-0.4, -0.2) is 34.2 Å². The second-order valence-electron chi connectivity index (χ2n) is 6.82. The molecule has 1 aliphatic rings. The average molecular weight is 409 g/mol. The fraction of sp³-hybridized carbons (Fsp3) is 0.368. The van der Waals surface area contributed by atoms with Crippen molar-refractivity contribution in [3.8, 4) is 0 Å². The Balaban J connectivity index is 1.75. The molecule has 0 aliphatic heterocycles. The van der Waals surface area contributed by atoms with Gasteiger partial charge in [-0.1, -0.05) is 43.2 Å². The molecule has 0 heterocycles. The Hall–Kier alpha value is -1.74. The average Bonchev–Trinajstić information content (AvgIpc) is 3.15. The molecule has 27 heavy (non-hydrogen) atoms. The van der Waals surface area contributed by atoms with Gasteiger partial charge in [-0.05, 0) is 42.7 Å². The van der Waals surface area contributed by atoms with Crippen LogP contribution in [0.5, 0.6) is 0 Å². The minimum absolute atomic E-state index is 0.0320. The first kappa shape index (κ1) is 20.0. The van der Waals surface area contributed by atoms with E-state index in [1.165, 1.54) is 35.6 Å². The van der Waals surface area contributed by atoms with E-state index in [0.29, 0.717) is 0 Å². The monoisotopic (exact) mass is 408 g/mol. The van der Waals surface area contributed by atoms with Crippen LogP contribution in [-0.2, 0) is 26.6 Å². The Kier molecular flexibility index (Phi) is 6.00. The highest BCUT2D eigenvalue weighted by Gasteiger charge is 2.25. The molecular formula is C19H24N2O4S2. The lowest BCUT2D eigenvalue weighted by atomic mass is 10.2. The molecule has 1 aliphatic carbocycles. The van der Waals surface area contributed by atoms with Crippen LogP contribution in [0.25, 0.3) is 0 Å². The van der Waals surface area contributed by atoms with E-state index in [4.69, 9.17) is 0 Å². The molecular weight excluding hydrogens is 384 g/mol. The van der Waals surface area contributed by atoms with Crippen molar-refractivity contribution in [2.24, 2.45) is 0 Å². The molecule has 3 rings (SSSR count). The molecule has 0 radical (unpaired) electrons. The maximum absolute atomic E-state index is 12.7. The van der Waals surface area contributed by atoms with E-state index in [-0.39, 0.29) is 22.4 Å². The van der Waals surface area contributed by atoms with Gasteiger partial charge in [-0.25, -0.2) is 21.6 Å². The molecule has 0 bridgehead atoms. The van der Waals surface area contributed by atoms with Crippen LogP contribution in [0.15, 0.2) is 64.4 Å². The first-order valence-electron chi connectivity index (χ1n) is 8.92. The highest BCUT2D eigenvalue weighted by Crippen LogP contribution is 2.22. The fourth-order valence-electron chi connectivity index (χ4n) is 3.23. The summed E-state index contributed by atoms with van der Waals surface area (Å²) in [5.74, 6) is 0. The highest BCUT2D eigenvalue weighted by atomic mass is 32.2. The van der Waals surface area contributed by atoms with Crippen molar-refractivity contribution in [2.75, 3.05) is 7.05 Å². The molecule has 0 spiro atoms. The maximum Gasteiger partial charge on any atom is 0.243 e. The predicted octanol–water partition coefficient (Wildman–Crippen LogP) is 2.73. The topological polar surface area (TPSA) is 83.6 Å². The van der Waals surface area contributed by atoms with Gasteiger partial charge < -0.3 is 0 Å². The van der Waals surface area contributed by atoms with Gasteiger partial charge in [0.05, 0.1) is 9.79 Å². The lowest BCUT2D eigenvalue weighted by molar-refractivity contribution is 0.466. The zero-order valence-corrected chi connectivity index (χ0v) is 16.8. The van der Waals surface area contributed by atoms with Gasteiger partial charge in [0.2, 0.25) is 20.0 Å². The Bertz CT molecular complexity index is 966. The number of benzene rings is 2. The van der Waals surface area contributed by atoms with Crippen molar-refractivity contribution in [3.63, 3.8) is 0 Å². The Morgan fingerprint density at radius 3 is 2.04 bits per heavy atom. The molecule has 1 fully saturated rings. The van der Waals surface area contributed by atoms with Crippen LogP contribution >= 0.6 is 0 Å². The normalized spacial score (nSPS) is 16.1. The van der Waals surface area contributed by atoms with Crippen LogP contribution in [0.3, 0.4) is 0 Å². The number of hydrogen-bond acceptors (Lipinski definition) is 4. The summed E-state index contributed by atoms with van der Waals surface area (Å²) in [4.78, 5) is 0.153. The number of nitrogens with one attached hydrogen (secondary N) is 1. The predicted molar refractivity (Wildman–Crippen MR) is 104 cm³/mol. The fourth-order valence-corrected chi connectivity index (χ4v) is 5.69. The van der Waals surface area contributed by atoms with Crippen molar-refractivity contribution >= 4 is 20.0 Å². The van der Waals surface area contributed by atoms with Gasteiger partial charge in [-0.2, -0.15) is 4.31 Å². The zero-order chi connectivity index (χ0) is 19.5. The molecule has 2 aromatic carbocycles. The Labute approximate surface area is 161 Å². The second-order valence-corrected chi connectivity index (χ2v) is 10.6. The van der Waals surface area contributed by atoms with Crippen LogP contribution < -0.4 is 4.72 Å². The van der Waals surface area contributed by atoms with Gasteiger partial charge >= 0.3 is 0 Å². The summed E-state index contributed by atoms with van der Waals surface area (Å²) in [5, 5.41) is 0. The van der Waals surface area contributed by atoms with Gasteiger partial charge in [-0.3, -0.25) is 0 Å². The van der Waals surface area contributed by atoms with Crippen molar-refractivity contribution in [1.29, 1.82) is 0 Å². The van der Waals surface area contributed by atoms with E-state index in [1.54, 1.807) is 0 Å². The summed E-state index contributed by atoms with van der Waals surface area (Å²) < 4.78 is 54.3. The van der Waals surface area contributed by atoms with Gasteiger partial charge in [0, 0.05) is 19.6 Å². The first-order chi connectivity index (χ1) is 12.8. The number of nitrogens with zero attached hydrogens (tertiary/aromatic N) is 1. The third kappa shape index (κ3) is 4.76. The van der Waals surface area contributed by atoms with Crippen LogP contribution in [0, 0.1) is 0 Å². The van der Waals surface area contributed by atoms with E-state index in [1.807, 2.05) is 30.3 Å². The second kappa shape index (κ2) is 8.10. The molecule has 2 aromatic rings. The SMILES string of the molecule is CN(Cc1ccccc1)S(=O)(=O)c1ccc(S(=O)(=O)NC2CCCC2)cc1. The molecule has 0 aromatic heterocycles. The maximum atomic E-state index is 12.7. The lowest BCUT2D eigenvalue weighted by Crippen LogP contribution is -2.32. The molecule has 1 saturated carbocycles. The summed E-state index contributed by atoms with van der Waals surface area (Å²) >= 11 is 0. The Morgan fingerprint density at radius 1 is 0.889 bits per heavy atom. The van der Waals surface area contributed by atoms with Gasteiger partial charge in [-0.15, -0.1) is 0 Å². The summed E-state index contributed by atoms with van der Waals surface area (Å²) in [5.41, 5.74) is 0.878. The lowest BCUT2D eigenvalue weighted by Gasteiger charge is -2.18. The summed E-state index contributed by atoms with van der Waals surface area (Å²) in [6.07, 6.45) is 3.74. The third-order valence-electron chi connectivity index (χ3n) is 4.77. The first-order valence-corrected chi connectivity index (χ1v) is 11.8. The van der Waals surface area contributed by atoms with E-state index in [0.717, 1.165) is 31.2 Å². The smallest absolute Gasteiger partial charge is 0.208 e. The van der Waals surface area contributed by atoms with Crippen molar-refractivity contribution in [1.82, 2.24) is 9.03 Å². The molecule has 0 unspecified atom stereocenters. The van der Waals surface area contributed by atoms with Crippen LogP contribution in [0.1, 0.15) is 31.2 Å². The van der Waals surface area contributed by atoms with Gasteiger partial charge in [0.15, 0.2) is 0 Å². The molecule has 8 heteroatoms. The number of hydrogen-bond donors (Lipinski definition) is 1. The zero-order valence-electron chi connectivity index (χ0n) is 15.2. The standard InChI is InChI=1S/C19H24N2O4S2/c1-21(15-16-7-3-2-4-8-16)27(24,25)19-13-11-18(12-14-19)26(22,23)20-17-9-5-6-10-17/h2-4,7-8,11-14,17,20H,5-6,9-10,15H2,1H3. The minimum atomic E-state index is -3.70. The number of sulfonamides is 2. The van der Waals surface area contributed by atoms with E-state index < -0.39 is 20.0 Å². The van der Waals surface area contributed by atoms with E-state index in [9.17, 15) is 16.8 Å². The summed E-state index contributed by atoms with van der Waals surface area (Å²) in [6.45, 7) is 0.243. The molecule has 0 atom stereocenters. The van der Waals surface area contributed by atoms with E-state index in [2.05, 4.69) is 4.72 Å². The summed E-state index contributed by atoms with van der Waals surface area (Å²) in [6, 6.07) is 14.7. The quantitative estimate of drug-likeness (QED) is 0.764. The van der Waals surface area contributed by atoms with Crippen molar-refractivity contribution in [2.45, 2.75) is 48.1 Å². The van der Waals surface area contributed by atoms with E-state index >= 15 is 0 Å². The molecule has 1 N–H and O–H groups in total. The Morgan fingerprint density at radius 2 is 1.44 bits per heavy atom. The molecule has 146 valence electrons. The van der Waals surface area contributed by atoms with Crippen LogP contribution in [0.4, 0.5) is 0 Å². The molecule has 0 saturated heterocycles. The minimum Gasteiger partial charge on any atom is -0.208 e. The van der Waals surface area contributed by atoms with Gasteiger partial charge in [0.1, 0.15) is 0 Å². The summed E-state index contributed by atoms with van der Waals surface area (Å²) in [7, 11) is -5.83. The van der Waals surface area contributed by atoms with Crippen LogP contribution in [0.2, 0.25) is 0 Å². The van der Waals surface area contributed by atoms with Gasteiger partial charge in [0.25, 0.3) is 0 Å². The number of rotatable bonds is 7. The molecule has 6 nitrogen and oxygen atoms in total.